The molecule has 0 spiro atoms. The van der Waals surface area contributed by atoms with E-state index in [9.17, 15) is 8.42 Å². The molecule has 1 fully saturated rings. The average molecular weight is 284 g/mol. The van der Waals surface area contributed by atoms with E-state index < -0.39 is 10.2 Å². The maximum Gasteiger partial charge on any atom is 0.301 e. The van der Waals surface area contributed by atoms with Crippen molar-refractivity contribution in [1.29, 1.82) is 0 Å². The van der Waals surface area contributed by atoms with Crippen LogP contribution in [-0.4, -0.2) is 39.0 Å². The van der Waals surface area contributed by atoms with Crippen molar-refractivity contribution in [3.8, 4) is 0 Å². The number of morpholine rings is 1. The van der Waals surface area contributed by atoms with Gasteiger partial charge in [0.25, 0.3) is 0 Å². The number of anilines is 1. The van der Waals surface area contributed by atoms with Crippen LogP contribution in [-0.2, 0) is 14.9 Å². The summed E-state index contributed by atoms with van der Waals surface area (Å²) in [5.41, 5.74) is 1.66. The fraction of sp³-hybridized carbons (Fsp3) is 0.538. The molecule has 1 saturated heterocycles. The third-order valence-corrected chi connectivity index (χ3v) is 4.65. The second kappa shape index (κ2) is 5.90. The Hall–Kier alpha value is -1.11. The predicted molar refractivity (Wildman–Crippen MR) is 75.5 cm³/mol. The van der Waals surface area contributed by atoms with Gasteiger partial charge >= 0.3 is 10.2 Å². The molecule has 1 aliphatic rings. The van der Waals surface area contributed by atoms with Gasteiger partial charge in [-0.25, -0.2) is 0 Å². The van der Waals surface area contributed by atoms with E-state index in [-0.39, 0.29) is 5.92 Å². The lowest BCUT2D eigenvalue weighted by atomic mass is 10.0. The summed E-state index contributed by atoms with van der Waals surface area (Å²) in [6, 6.07) is 7.50. The van der Waals surface area contributed by atoms with Gasteiger partial charge in [-0.15, -0.1) is 0 Å². The van der Waals surface area contributed by atoms with Crippen LogP contribution in [0.4, 0.5) is 5.69 Å². The molecule has 106 valence electrons. The molecular weight excluding hydrogens is 264 g/mol. The Kier molecular flexibility index (Phi) is 4.44. The van der Waals surface area contributed by atoms with Crippen molar-refractivity contribution in [3.63, 3.8) is 0 Å². The third kappa shape index (κ3) is 3.46. The van der Waals surface area contributed by atoms with Crippen LogP contribution >= 0.6 is 0 Å². The van der Waals surface area contributed by atoms with Crippen LogP contribution < -0.4 is 4.72 Å². The van der Waals surface area contributed by atoms with Gasteiger partial charge in [0.2, 0.25) is 0 Å². The first-order valence-corrected chi connectivity index (χ1v) is 7.89. The van der Waals surface area contributed by atoms with E-state index in [4.69, 9.17) is 4.74 Å². The minimum absolute atomic E-state index is 0.267. The van der Waals surface area contributed by atoms with E-state index in [1.165, 1.54) is 4.31 Å². The molecule has 0 saturated carbocycles. The minimum Gasteiger partial charge on any atom is -0.379 e. The van der Waals surface area contributed by atoms with Gasteiger partial charge in [0.1, 0.15) is 0 Å². The highest BCUT2D eigenvalue weighted by atomic mass is 32.2. The monoisotopic (exact) mass is 284 g/mol. The lowest BCUT2D eigenvalue weighted by molar-refractivity contribution is 0.0733. The SMILES string of the molecule is CC(C)c1ccccc1NS(=O)(=O)N1CCOCC1. The summed E-state index contributed by atoms with van der Waals surface area (Å²) in [5, 5.41) is 0. The standard InChI is InChI=1S/C13H20N2O3S/c1-11(2)12-5-3-4-6-13(12)14-19(16,17)15-7-9-18-10-8-15/h3-6,11,14H,7-10H2,1-2H3. The van der Waals surface area contributed by atoms with Crippen LogP contribution in [0.15, 0.2) is 24.3 Å². The first kappa shape index (κ1) is 14.3. The molecule has 0 atom stereocenters. The number of hydrogen-bond donors (Lipinski definition) is 1. The summed E-state index contributed by atoms with van der Waals surface area (Å²) in [4.78, 5) is 0. The fourth-order valence-electron chi connectivity index (χ4n) is 2.08. The lowest BCUT2D eigenvalue weighted by Gasteiger charge is -2.27. The largest absolute Gasteiger partial charge is 0.379 e. The van der Waals surface area contributed by atoms with Gasteiger partial charge < -0.3 is 4.74 Å². The number of hydrogen-bond acceptors (Lipinski definition) is 3. The molecular formula is C13H20N2O3S. The summed E-state index contributed by atoms with van der Waals surface area (Å²) in [6.07, 6.45) is 0. The maximum absolute atomic E-state index is 12.3. The molecule has 1 aromatic rings. The molecule has 5 nitrogen and oxygen atoms in total. The highest BCUT2D eigenvalue weighted by Crippen LogP contribution is 2.25. The quantitative estimate of drug-likeness (QED) is 0.917. The van der Waals surface area contributed by atoms with E-state index >= 15 is 0 Å². The summed E-state index contributed by atoms with van der Waals surface area (Å²) < 4.78 is 33.9. The maximum atomic E-state index is 12.3. The molecule has 0 amide bonds. The van der Waals surface area contributed by atoms with Gasteiger partial charge in [-0.05, 0) is 17.5 Å². The summed E-state index contributed by atoms with van der Waals surface area (Å²) in [7, 11) is -3.49. The fourth-order valence-corrected chi connectivity index (χ4v) is 3.31. The van der Waals surface area contributed by atoms with Crippen molar-refractivity contribution in [3.05, 3.63) is 29.8 Å². The van der Waals surface area contributed by atoms with Crippen LogP contribution in [0, 0.1) is 0 Å². The summed E-state index contributed by atoms with van der Waals surface area (Å²) in [5.74, 6) is 0.267. The molecule has 2 rings (SSSR count). The van der Waals surface area contributed by atoms with Crippen molar-refractivity contribution < 1.29 is 13.2 Å². The summed E-state index contributed by atoms with van der Waals surface area (Å²) >= 11 is 0. The topological polar surface area (TPSA) is 58.6 Å². The number of benzene rings is 1. The molecule has 0 aromatic heterocycles. The zero-order valence-corrected chi connectivity index (χ0v) is 12.1. The molecule has 0 bridgehead atoms. The molecule has 19 heavy (non-hydrogen) atoms. The number of nitrogens with zero attached hydrogens (tertiary/aromatic N) is 1. The molecule has 0 unspecified atom stereocenters. The molecule has 0 radical (unpaired) electrons. The van der Waals surface area contributed by atoms with Gasteiger partial charge in [0, 0.05) is 13.1 Å². The minimum atomic E-state index is -3.49. The van der Waals surface area contributed by atoms with Gasteiger partial charge in [0.15, 0.2) is 0 Å². The van der Waals surface area contributed by atoms with Crippen molar-refractivity contribution in [2.45, 2.75) is 19.8 Å². The Bertz CT molecular complexity index is 522. The van der Waals surface area contributed by atoms with E-state index in [1.54, 1.807) is 6.07 Å². The highest BCUT2D eigenvalue weighted by molar-refractivity contribution is 7.90. The number of rotatable bonds is 4. The second-order valence-corrected chi connectivity index (χ2v) is 6.53. The normalized spacial score (nSPS) is 17.6. The van der Waals surface area contributed by atoms with Crippen LogP contribution in [0.1, 0.15) is 25.3 Å². The van der Waals surface area contributed by atoms with Crippen LogP contribution in [0.25, 0.3) is 0 Å². The second-order valence-electron chi connectivity index (χ2n) is 4.86. The number of ether oxygens (including phenoxy) is 1. The Morgan fingerprint density at radius 3 is 2.47 bits per heavy atom. The molecule has 1 N–H and O–H groups in total. The Labute approximate surface area is 114 Å². The smallest absolute Gasteiger partial charge is 0.301 e. The van der Waals surface area contributed by atoms with Crippen molar-refractivity contribution in [1.82, 2.24) is 4.31 Å². The molecule has 1 aromatic carbocycles. The Balaban J connectivity index is 2.20. The molecule has 1 aliphatic heterocycles. The Morgan fingerprint density at radius 2 is 1.84 bits per heavy atom. The Morgan fingerprint density at radius 1 is 1.21 bits per heavy atom. The van der Waals surface area contributed by atoms with Gasteiger partial charge in [-0.3, -0.25) is 4.72 Å². The zero-order valence-electron chi connectivity index (χ0n) is 11.3. The summed E-state index contributed by atoms with van der Waals surface area (Å²) in [6.45, 7) is 5.79. The van der Waals surface area contributed by atoms with Gasteiger partial charge in [-0.1, -0.05) is 32.0 Å². The van der Waals surface area contributed by atoms with E-state index in [2.05, 4.69) is 4.72 Å². The number of nitrogens with one attached hydrogen (secondary N) is 1. The van der Waals surface area contributed by atoms with Crippen molar-refractivity contribution >= 4 is 15.9 Å². The highest BCUT2D eigenvalue weighted by Gasteiger charge is 2.24. The number of para-hydroxylation sites is 1. The zero-order chi connectivity index (χ0) is 13.9. The third-order valence-electron chi connectivity index (χ3n) is 3.13. The van der Waals surface area contributed by atoms with Crippen molar-refractivity contribution in [2.75, 3.05) is 31.0 Å². The first-order chi connectivity index (χ1) is 9.00. The van der Waals surface area contributed by atoms with Gasteiger partial charge in [0.05, 0.1) is 18.9 Å². The van der Waals surface area contributed by atoms with Crippen LogP contribution in [0.5, 0.6) is 0 Å². The van der Waals surface area contributed by atoms with Crippen molar-refractivity contribution in [2.24, 2.45) is 0 Å². The van der Waals surface area contributed by atoms with E-state index in [0.29, 0.717) is 32.0 Å². The molecule has 0 aliphatic carbocycles. The average Bonchev–Trinajstić information content (AvgIpc) is 2.39. The molecule has 1 heterocycles. The molecule has 6 heteroatoms. The van der Waals surface area contributed by atoms with Gasteiger partial charge in [-0.2, -0.15) is 12.7 Å². The van der Waals surface area contributed by atoms with Crippen LogP contribution in [0.3, 0.4) is 0 Å². The lowest BCUT2D eigenvalue weighted by Crippen LogP contribution is -2.43. The predicted octanol–water partition coefficient (Wildman–Crippen LogP) is 1.80. The van der Waals surface area contributed by atoms with E-state index in [1.807, 2.05) is 32.0 Å². The van der Waals surface area contributed by atoms with Crippen LogP contribution in [0.2, 0.25) is 0 Å². The van der Waals surface area contributed by atoms with E-state index in [0.717, 1.165) is 5.56 Å². The first-order valence-electron chi connectivity index (χ1n) is 6.45.